The van der Waals surface area contributed by atoms with Gasteiger partial charge in [-0.25, -0.2) is 14.8 Å². The molecule has 0 atom stereocenters. The third-order valence-electron chi connectivity index (χ3n) is 3.94. The normalized spacial score (nSPS) is 13.3. The molecule has 0 aliphatic carbocycles. The Hall–Kier alpha value is -2.63. The fourth-order valence-corrected chi connectivity index (χ4v) is 2.71. The minimum absolute atomic E-state index is 0.406. The molecule has 2 N–H and O–H groups in total. The number of anilines is 2. The fourth-order valence-electron chi connectivity index (χ4n) is 2.71. The van der Waals surface area contributed by atoms with Crippen LogP contribution in [0.15, 0.2) is 30.5 Å². The molecule has 120 valence electrons. The zero-order valence-corrected chi connectivity index (χ0v) is 13.5. The van der Waals surface area contributed by atoms with Crippen LogP contribution in [0.2, 0.25) is 0 Å². The highest BCUT2D eigenvalue weighted by Crippen LogP contribution is 2.34. The highest BCUT2D eigenvalue weighted by atomic mass is 16.2. The van der Waals surface area contributed by atoms with Gasteiger partial charge in [0.25, 0.3) is 0 Å². The van der Waals surface area contributed by atoms with Crippen molar-refractivity contribution in [2.75, 3.05) is 16.5 Å². The van der Waals surface area contributed by atoms with Gasteiger partial charge in [0, 0.05) is 13.0 Å². The molecule has 23 heavy (non-hydrogen) atoms. The van der Waals surface area contributed by atoms with Crippen LogP contribution >= 0.6 is 0 Å². The predicted octanol–water partition coefficient (Wildman–Crippen LogP) is 2.60. The topological polar surface area (TPSA) is 75.3 Å². The number of benzene rings is 1. The van der Waals surface area contributed by atoms with Crippen LogP contribution in [0.4, 0.5) is 16.3 Å². The van der Waals surface area contributed by atoms with Crippen LogP contribution in [-0.2, 0) is 13.0 Å². The molecule has 0 radical (unpaired) electrons. The molecule has 2 heterocycles. The van der Waals surface area contributed by atoms with Crippen LogP contribution < -0.4 is 15.5 Å². The summed E-state index contributed by atoms with van der Waals surface area (Å²) in [6.45, 7) is 5.24. The third kappa shape index (κ3) is 3.11. The second kappa shape index (κ2) is 6.24. The molecule has 6 heteroatoms. The predicted molar refractivity (Wildman–Crippen MR) is 90.3 cm³/mol. The van der Waals surface area contributed by atoms with E-state index in [9.17, 15) is 4.79 Å². The van der Waals surface area contributed by atoms with Crippen molar-refractivity contribution in [3.63, 3.8) is 0 Å². The second-order valence-electron chi connectivity index (χ2n) is 5.84. The second-order valence-corrected chi connectivity index (χ2v) is 5.84. The third-order valence-corrected chi connectivity index (χ3v) is 3.94. The molecule has 0 spiro atoms. The van der Waals surface area contributed by atoms with Crippen LogP contribution in [-0.4, -0.2) is 22.7 Å². The largest absolute Gasteiger partial charge is 0.351 e. The molecule has 1 aliphatic rings. The molecule has 1 aliphatic heterocycles. The maximum absolute atomic E-state index is 11.7. The Morgan fingerprint density at radius 3 is 2.70 bits per heavy atom. The van der Waals surface area contributed by atoms with Gasteiger partial charge < -0.3 is 10.6 Å². The zero-order valence-electron chi connectivity index (χ0n) is 13.5. The van der Waals surface area contributed by atoms with Crippen molar-refractivity contribution in [1.82, 2.24) is 9.97 Å². The van der Waals surface area contributed by atoms with E-state index in [4.69, 9.17) is 5.73 Å². The van der Waals surface area contributed by atoms with E-state index in [0.29, 0.717) is 18.9 Å². The maximum atomic E-state index is 11.7. The average Bonchev–Trinajstić information content (AvgIpc) is 2.88. The number of carbonyl (C=O) groups is 1. The van der Waals surface area contributed by atoms with E-state index in [0.717, 1.165) is 24.5 Å². The van der Waals surface area contributed by atoms with Gasteiger partial charge in [0.15, 0.2) is 5.82 Å². The number of nitrogens with two attached hydrogens (primary N) is 1. The highest BCUT2D eigenvalue weighted by Gasteiger charge is 2.31. The Bertz CT molecular complexity index is 713. The number of fused-ring (bicyclic) bond motifs is 1. The van der Waals surface area contributed by atoms with Gasteiger partial charge in [-0.1, -0.05) is 36.8 Å². The smallest absolute Gasteiger partial charge is 0.320 e. The molecule has 0 bridgehead atoms. The molecule has 2 amide bonds. The van der Waals surface area contributed by atoms with Crippen LogP contribution in [0.3, 0.4) is 0 Å². The van der Waals surface area contributed by atoms with Crippen LogP contribution in [0.5, 0.6) is 0 Å². The quantitative estimate of drug-likeness (QED) is 0.941. The molecular weight excluding hydrogens is 290 g/mol. The zero-order chi connectivity index (χ0) is 16.4. The summed E-state index contributed by atoms with van der Waals surface area (Å²) in [6, 6.07) is 7.87. The highest BCUT2D eigenvalue weighted by molar-refractivity contribution is 5.96. The summed E-state index contributed by atoms with van der Waals surface area (Å²) in [7, 11) is 0. The lowest BCUT2D eigenvalue weighted by Gasteiger charge is -2.19. The van der Waals surface area contributed by atoms with Crippen molar-refractivity contribution in [3.8, 4) is 0 Å². The number of urea groups is 1. The molecule has 6 nitrogen and oxygen atoms in total. The Morgan fingerprint density at radius 1 is 1.30 bits per heavy atom. The summed E-state index contributed by atoms with van der Waals surface area (Å²) in [5.74, 6) is 1.58. The maximum Gasteiger partial charge on any atom is 0.320 e. The molecule has 0 saturated heterocycles. The molecule has 1 aromatic heterocycles. The Labute approximate surface area is 135 Å². The average molecular weight is 311 g/mol. The first kappa shape index (κ1) is 15.3. The Balaban J connectivity index is 1.91. The number of primary amides is 1. The van der Waals surface area contributed by atoms with E-state index >= 15 is 0 Å². The van der Waals surface area contributed by atoms with Crippen molar-refractivity contribution in [3.05, 3.63) is 47.4 Å². The summed E-state index contributed by atoms with van der Waals surface area (Å²) in [5.41, 5.74) is 8.57. The first-order valence-corrected chi connectivity index (χ1v) is 7.82. The van der Waals surface area contributed by atoms with Crippen LogP contribution in [0.1, 0.15) is 30.3 Å². The number of aromatic nitrogens is 2. The van der Waals surface area contributed by atoms with E-state index in [1.807, 2.05) is 0 Å². The number of hydrogen-bond donors (Lipinski definition) is 1. The SMILES string of the molecule is CCCc1ncc2c(n1)N(Cc1ccc(C)cc1)CN2C(N)=O. The number of nitrogens with zero attached hydrogens (tertiary/aromatic N) is 4. The van der Waals surface area contributed by atoms with Gasteiger partial charge >= 0.3 is 6.03 Å². The van der Waals surface area contributed by atoms with Gasteiger partial charge in [-0.15, -0.1) is 0 Å². The summed E-state index contributed by atoms with van der Waals surface area (Å²) >= 11 is 0. The first-order valence-electron chi connectivity index (χ1n) is 7.82. The number of rotatable bonds is 4. The fraction of sp³-hybridized carbons (Fsp3) is 0.353. The van der Waals surface area contributed by atoms with Gasteiger partial charge in [0.2, 0.25) is 0 Å². The van der Waals surface area contributed by atoms with E-state index < -0.39 is 6.03 Å². The van der Waals surface area contributed by atoms with Gasteiger partial charge in [-0.2, -0.15) is 0 Å². The van der Waals surface area contributed by atoms with Crippen molar-refractivity contribution >= 4 is 17.5 Å². The summed E-state index contributed by atoms with van der Waals surface area (Å²) in [5, 5.41) is 0. The summed E-state index contributed by atoms with van der Waals surface area (Å²) < 4.78 is 0. The first-order chi connectivity index (χ1) is 11.1. The lowest BCUT2D eigenvalue weighted by Crippen LogP contribution is -2.38. The molecule has 0 unspecified atom stereocenters. The number of carbonyl (C=O) groups excluding carboxylic acids is 1. The molecule has 0 saturated carbocycles. The number of hydrogen-bond acceptors (Lipinski definition) is 4. The van der Waals surface area contributed by atoms with Crippen molar-refractivity contribution in [2.45, 2.75) is 33.2 Å². The molecule has 0 fully saturated rings. The van der Waals surface area contributed by atoms with Gasteiger partial charge in [-0.05, 0) is 18.9 Å². The van der Waals surface area contributed by atoms with E-state index in [-0.39, 0.29) is 0 Å². The van der Waals surface area contributed by atoms with Gasteiger partial charge in [0.1, 0.15) is 18.2 Å². The number of amides is 2. The molecular formula is C17H21N5O. The van der Waals surface area contributed by atoms with E-state index in [1.165, 1.54) is 16.0 Å². The Kier molecular flexibility index (Phi) is 4.14. The van der Waals surface area contributed by atoms with Crippen LogP contribution in [0.25, 0.3) is 0 Å². The Morgan fingerprint density at radius 2 is 2.04 bits per heavy atom. The lowest BCUT2D eigenvalue weighted by molar-refractivity contribution is 0.254. The van der Waals surface area contributed by atoms with E-state index in [2.05, 4.69) is 53.0 Å². The lowest BCUT2D eigenvalue weighted by atomic mass is 10.1. The van der Waals surface area contributed by atoms with Gasteiger partial charge in [0.05, 0.1) is 6.20 Å². The standard InChI is InChI=1S/C17H21N5O/c1-3-4-15-19-9-14-16(20-15)21(11-22(14)17(18)23)10-13-7-5-12(2)6-8-13/h5-9H,3-4,10-11H2,1-2H3,(H2,18,23). The summed E-state index contributed by atoms with van der Waals surface area (Å²) in [4.78, 5) is 24.2. The monoisotopic (exact) mass is 311 g/mol. The minimum atomic E-state index is -0.482. The molecule has 1 aromatic carbocycles. The van der Waals surface area contributed by atoms with Gasteiger partial charge in [-0.3, -0.25) is 4.90 Å². The van der Waals surface area contributed by atoms with Crippen molar-refractivity contribution in [2.24, 2.45) is 5.73 Å². The minimum Gasteiger partial charge on any atom is -0.351 e. The van der Waals surface area contributed by atoms with Crippen molar-refractivity contribution < 1.29 is 4.79 Å². The molecule has 2 aromatic rings. The number of aryl methyl sites for hydroxylation is 2. The molecule has 3 rings (SSSR count). The van der Waals surface area contributed by atoms with Crippen LogP contribution in [0, 0.1) is 6.92 Å². The summed E-state index contributed by atoms with van der Waals surface area (Å²) in [6.07, 6.45) is 3.51. The van der Waals surface area contributed by atoms with E-state index in [1.54, 1.807) is 6.20 Å². The van der Waals surface area contributed by atoms with Crippen molar-refractivity contribution in [1.29, 1.82) is 0 Å².